The van der Waals surface area contributed by atoms with E-state index in [1.165, 1.54) is 0 Å². The third-order valence-corrected chi connectivity index (χ3v) is 4.27. The van der Waals surface area contributed by atoms with Crippen molar-refractivity contribution < 1.29 is 0 Å². The molecule has 0 saturated carbocycles. The minimum absolute atomic E-state index is 0.398. The first-order valence-corrected chi connectivity index (χ1v) is 6.89. The standard InChI is InChI=1S/C13H8BrCl2N3/c14-9-3-4-10(13(16)12(9)15)19-7-8-2-1-5-18-11(8)6-17/h1-5,19H,7H2. The maximum Gasteiger partial charge on any atom is 0.145 e. The highest BCUT2D eigenvalue weighted by Gasteiger charge is 2.09. The van der Waals surface area contributed by atoms with E-state index in [2.05, 4.69) is 26.2 Å². The molecule has 2 aromatic rings. The quantitative estimate of drug-likeness (QED) is 0.815. The maximum atomic E-state index is 8.96. The van der Waals surface area contributed by atoms with Gasteiger partial charge in [-0.3, -0.25) is 0 Å². The van der Waals surface area contributed by atoms with E-state index in [1.54, 1.807) is 12.3 Å². The van der Waals surface area contributed by atoms with Crippen molar-refractivity contribution in [2.24, 2.45) is 0 Å². The summed E-state index contributed by atoms with van der Waals surface area (Å²) in [5, 5.41) is 13.0. The summed E-state index contributed by atoms with van der Waals surface area (Å²) in [7, 11) is 0. The van der Waals surface area contributed by atoms with Gasteiger partial charge >= 0.3 is 0 Å². The van der Waals surface area contributed by atoms with Gasteiger partial charge in [0.1, 0.15) is 11.8 Å². The maximum absolute atomic E-state index is 8.96. The van der Waals surface area contributed by atoms with E-state index >= 15 is 0 Å². The molecule has 3 nitrogen and oxygen atoms in total. The van der Waals surface area contributed by atoms with Crippen LogP contribution in [0.25, 0.3) is 0 Å². The van der Waals surface area contributed by atoms with Gasteiger partial charge in [-0.05, 0) is 34.1 Å². The number of aromatic nitrogens is 1. The SMILES string of the molecule is N#Cc1ncccc1CNc1ccc(Br)c(Cl)c1Cl. The van der Waals surface area contributed by atoms with Crippen LogP contribution >= 0.6 is 39.1 Å². The Labute approximate surface area is 129 Å². The lowest BCUT2D eigenvalue weighted by Gasteiger charge is -2.10. The van der Waals surface area contributed by atoms with Gasteiger partial charge in [-0.2, -0.15) is 5.26 Å². The summed E-state index contributed by atoms with van der Waals surface area (Å²) in [6.45, 7) is 0.453. The number of nitriles is 1. The van der Waals surface area contributed by atoms with Gasteiger partial charge in [0.05, 0.1) is 15.7 Å². The lowest BCUT2D eigenvalue weighted by Crippen LogP contribution is -2.03. The van der Waals surface area contributed by atoms with E-state index in [-0.39, 0.29) is 0 Å². The smallest absolute Gasteiger partial charge is 0.145 e. The van der Waals surface area contributed by atoms with Gasteiger partial charge in [0, 0.05) is 22.8 Å². The van der Waals surface area contributed by atoms with Crippen LogP contribution in [0, 0.1) is 11.3 Å². The summed E-state index contributed by atoms with van der Waals surface area (Å²) in [5.41, 5.74) is 1.91. The number of halogens is 3. The fourth-order valence-electron chi connectivity index (χ4n) is 1.53. The summed E-state index contributed by atoms with van der Waals surface area (Å²) in [6, 6.07) is 9.31. The number of anilines is 1. The van der Waals surface area contributed by atoms with Crippen molar-refractivity contribution in [3.8, 4) is 6.07 Å². The zero-order valence-corrected chi connectivity index (χ0v) is 12.7. The second-order valence-electron chi connectivity index (χ2n) is 3.70. The molecule has 1 aromatic heterocycles. The predicted octanol–water partition coefficient (Wildman–Crippen LogP) is 4.63. The zero-order chi connectivity index (χ0) is 13.8. The third-order valence-electron chi connectivity index (χ3n) is 2.50. The second-order valence-corrected chi connectivity index (χ2v) is 5.31. The first-order chi connectivity index (χ1) is 9.13. The molecule has 0 aliphatic heterocycles. The molecule has 96 valence electrons. The van der Waals surface area contributed by atoms with Gasteiger partial charge < -0.3 is 5.32 Å². The molecule has 0 unspecified atom stereocenters. The Bertz CT molecular complexity index is 653. The second kappa shape index (κ2) is 6.25. The number of benzene rings is 1. The van der Waals surface area contributed by atoms with Crippen LogP contribution in [-0.2, 0) is 6.54 Å². The highest BCUT2D eigenvalue weighted by atomic mass is 79.9. The molecule has 0 saturated heterocycles. The third kappa shape index (κ3) is 3.19. The highest BCUT2D eigenvalue weighted by Crippen LogP contribution is 2.35. The fourth-order valence-corrected chi connectivity index (χ4v) is 2.38. The van der Waals surface area contributed by atoms with E-state index < -0.39 is 0 Å². The summed E-state index contributed by atoms with van der Waals surface area (Å²) in [4.78, 5) is 4.00. The summed E-state index contributed by atoms with van der Waals surface area (Å²) >= 11 is 15.5. The normalized spacial score (nSPS) is 10.0. The molecule has 0 radical (unpaired) electrons. The van der Waals surface area contributed by atoms with Crippen molar-refractivity contribution in [2.45, 2.75) is 6.54 Å². The summed E-state index contributed by atoms with van der Waals surface area (Å²) in [5.74, 6) is 0. The predicted molar refractivity (Wildman–Crippen MR) is 80.4 cm³/mol. The Hall–Kier alpha value is -1.28. The highest BCUT2D eigenvalue weighted by molar-refractivity contribution is 9.10. The average Bonchev–Trinajstić information content (AvgIpc) is 2.44. The van der Waals surface area contributed by atoms with Crippen LogP contribution in [0.15, 0.2) is 34.9 Å². The Morgan fingerprint density at radius 1 is 1.26 bits per heavy atom. The Morgan fingerprint density at radius 3 is 2.79 bits per heavy atom. The van der Waals surface area contributed by atoms with Gasteiger partial charge in [0.2, 0.25) is 0 Å². The number of hydrogen-bond acceptors (Lipinski definition) is 3. The van der Waals surface area contributed by atoms with Crippen LogP contribution in [0.5, 0.6) is 0 Å². The number of hydrogen-bond donors (Lipinski definition) is 1. The lowest BCUT2D eigenvalue weighted by atomic mass is 10.2. The molecular formula is C13H8BrCl2N3. The van der Waals surface area contributed by atoms with E-state index in [9.17, 15) is 0 Å². The first-order valence-electron chi connectivity index (χ1n) is 5.35. The largest absolute Gasteiger partial charge is 0.380 e. The first kappa shape index (κ1) is 14.1. The van der Waals surface area contributed by atoms with Crippen molar-refractivity contribution in [1.82, 2.24) is 4.98 Å². The van der Waals surface area contributed by atoms with Gasteiger partial charge in [0.15, 0.2) is 0 Å². The van der Waals surface area contributed by atoms with Crippen molar-refractivity contribution in [2.75, 3.05) is 5.32 Å². The van der Waals surface area contributed by atoms with Crippen LogP contribution in [-0.4, -0.2) is 4.98 Å². The monoisotopic (exact) mass is 355 g/mol. The van der Waals surface area contributed by atoms with Crippen LogP contribution in [0.1, 0.15) is 11.3 Å². The van der Waals surface area contributed by atoms with Crippen LogP contribution in [0.3, 0.4) is 0 Å². The molecule has 0 spiro atoms. The molecule has 1 N–H and O–H groups in total. The van der Waals surface area contributed by atoms with Crippen LogP contribution in [0.2, 0.25) is 10.0 Å². The van der Waals surface area contributed by atoms with E-state index in [0.29, 0.717) is 28.0 Å². The van der Waals surface area contributed by atoms with Gasteiger partial charge in [-0.15, -0.1) is 0 Å². The van der Waals surface area contributed by atoms with Crippen LogP contribution in [0.4, 0.5) is 5.69 Å². The molecular weight excluding hydrogens is 349 g/mol. The molecule has 6 heteroatoms. The Morgan fingerprint density at radius 2 is 2.05 bits per heavy atom. The number of nitrogens with one attached hydrogen (secondary N) is 1. The molecule has 2 rings (SSSR count). The van der Waals surface area contributed by atoms with E-state index in [1.807, 2.05) is 24.3 Å². The van der Waals surface area contributed by atoms with Crippen molar-refractivity contribution >= 4 is 44.8 Å². The van der Waals surface area contributed by atoms with E-state index in [4.69, 9.17) is 28.5 Å². The van der Waals surface area contributed by atoms with Gasteiger partial charge in [-0.1, -0.05) is 29.3 Å². The molecule has 0 amide bonds. The molecule has 0 aliphatic rings. The Balaban J connectivity index is 2.20. The molecule has 0 atom stereocenters. The van der Waals surface area contributed by atoms with Crippen LogP contribution < -0.4 is 5.32 Å². The molecule has 1 aromatic carbocycles. The molecule has 1 heterocycles. The number of pyridine rings is 1. The topological polar surface area (TPSA) is 48.7 Å². The number of nitrogens with zero attached hydrogens (tertiary/aromatic N) is 2. The summed E-state index contributed by atoms with van der Waals surface area (Å²) < 4.78 is 0.740. The summed E-state index contributed by atoms with van der Waals surface area (Å²) in [6.07, 6.45) is 1.59. The molecule has 0 bridgehead atoms. The fraction of sp³-hybridized carbons (Fsp3) is 0.0769. The zero-order valence-electron chi connectivity index (χ0n) is 9.62. The molecule has 0 fully saturated rings. The minimum Gasteiger partial charge on any atom is -0.380 e. The van der Waals surface area contributed by atoms with Crippen molar-refractivity contribution in [3.05, 3.63) is 56.2 Å². The van der Waals surface area contributed by atoms with E-state index in [0.717, 1.165) is 10.0 Å². The molecule has 0 aliphatic carbocycles. The Kier molecular flexibility index (Phi) is 4.65. The average molecular weight is 357 g/mol. The minimum atomic E-state index is 0.398. The van der Waals surface area contributed by atoms with Gasteiger partial charge in [0.25, 0.3) is 0 Å². The van der Waals surface area contributed by atoms with Crippen molar-refractivity contribution in [1.29, 1.82) is 5.26 Å². The van der Waals surface area contributed by atoms with Crippen molar-refractivity contribution in [3.63, 3.8) is 0 Å². The molecule has 19 heavy (non-hydrogen) atoms. The van der Waals surface area contributed by atoms with Gasteiger partial charge in [-0.25, -0.2) is 4.98 Å². The lowest BCUT2D eigenvalue weighted by molar-refractivity contribution is 1.09. The number of rotatable bonds is 3.